The van der Waals surface area contributed by atoms with Gasteiger partial charge in [0.05, 0.1) is 19.4 Å². The molecule has 1 aromatic carbocycles. The van der Waals surface area contributed by atoms with E-state index in [0.29, 0.717) is 0 Å². The second-order valence-corrected chi connectivity index (χ2v) is 7.01. The number of nitrogens with zero attached hydrogens (tertiary/aromatic N) is 1. The standard InChI is InChI=1S/C14H19N2O11P.2Na/c1-7(17)15-11-13(19)12(18)10(6-25-28(22,23)24)27-14(11)26-9-4-2-8(3-5-9)16(20)21;;/h2-5,10-14,18-19H,6H2,1H3,(H,15,17)(H2,22,23,24);;/q;2*+1/p-2/t10-,11-,12+,13-,14-;;/m1../s1. The molecule has 0 saturated carbocycles. The molecule has 0 aliphatic carbocycles. The number of carbonyl (C=O) groups is 1. The van der Waals surface area contributed by atoms with Crippen LogP contribution < -0.4 is 79.0 Å². The van der Waals surface area contributed by atoms with Gasteiger partial charge in [-0.1, -0.05) is 0 Å². The number of aliphatic hydroxyl groups excluding tert-OH is 2. The Morgan fingerprint density at radius 1 is 1.23 bits per heavy atom. The van der Waals surface area contributed by atoms with Crippen LogP contribution in [0, 0.1) is 10.1 Å². The van der Waals surface area contributed by atoms with Crippen LogP contribution in [0.1, 0.15) is 6.92 Å². The molecular formula is C14H17N2Na2O11P. The van der Waals surface area contributed by atoms with Gasteiger partial charge in [0.1, 0.15) is 30.1 Å². The molecule has 0 bridgehead atoms. The summed E-state index contributed by atoms with van der Waals surface area (Å²) in [5, 5.41) is 33.3. The van der Waals surface area contributed by atoms with Crippen molar-refractivity contribution in [2.24, 2.45) is 0 Å². The van der Waals surface area contributed by atoms with Crippen molar-refractivity contribution in [3.63, 3.8) is 0 Å². The molecule has 5 atom stereocenters. The van der Waals surface area contributed by atoms with Gasteiger partial charge in [-0.05, 0) is 12.1 Å². The van der Waals surface area contributed by atoms with Gasteiger partial charge in [0.15, 0.2) is 0 Å². The number of carbonyl (C=O) groups excluding carboxylic acids is 1. The van der Waals surface area contributed by atoms with Crippen molar-refractivity contribution in [1.82, 2.24) is 5.32 Å². The predicted molar refractivity (Wildman–Crippen MR) is 85.6 cm³/mol. The van der Waals surface area contributed by atoms with Gasteiger partial charge in [0.2, 0.25) is 12.2 Å². The SMILES string of the molecule is CC(=O)N[C@H]1[C@H](Oc2ccc([N+](=O)[O-])cc2)O[C@H](COP(=O)([O-])[O-])[C@H](O)[C@@H]1O.[Na+].[Na+]. The molecule has 1 fully saturated rings. The van der Waals surface area contributed by atoms with E-state index in [1.54, 1.807) is 0 Å². The van der Waals surface area contributed by atoms with Crippen LogP contribution in [0.2, 0.25) is 0 Å². The second-order valence-electron chi connectivity index (χ2n) is 5.86. The summed E-state index contributed by atoms with van der Waals surface area (Å²) in [5.41, 5.74) is -0.210. The molecule has 16 heteroatoms. The molecule has 1 aliphatic heterocycles. The van der Waals surface area contributed by atoms with Crippen LogP contribution in [0.3, 0.4) is 0 Å². The number of aliphatic hydroxyl groups is 2. The van der Waals surface area contributed by atoms with Crippen molar-refractivity contribution in [3.8, 4) is 5.75 Å². The van der Waals surface area contributed by atoms with E-state index in [-0.39, 0.29) is 70.6 Å². The van der Waals surface area contributed by atoms with Crippen molar-refractivity contribution < 1.29 is 107 Å². The molecule has 3 N–H and O–H groups in total. The third-order valence-electron chi connectivity index (χ3n) is 3.77. The molecule has 0 radical (unpaired) electrons. The first-order chi connectivity index (χ1) is 13.0. The largest absolute Gasteiger partial charge is 1.00 e. The van der Waals surface area contributed by atoms with Gasteiger partial charge in [-0.15, -0.1) is 0 Å². The molecule has 0 spiro atoms. The summed E-state index contributed by atoms with van der Waals surface area (Å²) in [7, 11) is -5.36. The van der Waals surface area contributed by atoms with E-state index < -0.39 is 55.9 Å². The number of hydrogen-bond acceptors (Lipinski definition) is 11. The molecule has 156 valence electrons. The maximum Gasteiger partial charge on any atom is 1.00 e. The summed E-state index contributed by atoms with van der Waals surface area (Å²) >= 11 is 0. The molecule has 2 rings (SSSR count). The van der Waals surface area contributed by atoms with E-state index in [9.17, 15) is 39.5 Å². The van der Waals surface area contributed by atoms with Gasteiger partial charge in [-0.3, -0.25) is 14.9 Å². The first-order valence-electron chi connectivity index (χ1n) is 7.84. The van der Waals surface area contributed by atoms with Gasteiger partial charge in [0.25, 0.3) is 5.69 Å². The molecule has 0 aromatic heterocycles. The Balaban J connectivity index is 0.00000420. The van der Waals surface area contributed by atoms with Crippen LogP contribution in [0.25, 0.3) is 0 Å². The zero-order chi connectivity index (χ0) is 21.1. The Bertz CT molecular complexity index is 763. The number of phosphoric acid groups is 1. The van der Waals surface area contributed by atoms with Crippen LogP contribution >= 0.6 is 7.82 Å². The van der Waals surface area contributed by atoms with E-state index in [4.69, 9.17) is 9.47 Å². The van der Waals surface area contributed by atoms with Gasteiger partial charge < -0.3 is 43.9 Å². The molecule has 30 heavy (non-hydrogen) atoms. The maximum absolute atomic E-state index is 11.4. The number of nitrogens with one attached hydrogen (secondary N) is 1. The van der Waals surface area contributed by atoms with E-state index >= 15 is 0 Å². The maximum atomic E-state index is 11.4. The Labute approximate surface area is 215 Å². The minimum Gasteiger partial charge on any atom is -0.790 e. The molecular weight excluding hydrogens is 449 g/mol. The summed E-state index contributed by atoms with van der Waals surface area (Å²) < 4.78 is 25.5. The molecule has 0 unspecified atom stereocenters. The summed E-state index contributed by atoms with van der Waals surface area (Å²) in [6.07, 6.45) is -6.28. The molecule has 1 heterocycles. The van der Waals surface area contributed by atoms with Gasteiger partial charge in [0, 0.05) is 19.1 Å². The van der Waals surface area contributed by atoms with Crippen molar-refractivity contribution in [1.29, 1.82) is 0 Å². The monoisotopic (exact) mass is 466 g/mol. The second kappa shape index (κ2) is 12.8. The van der Waals surface area contributed by atoms with Crippen molar-refractivity contribution in [2.45, 2.75) is 37.6 Å². The molecule has 13 nitrogen and oxygen atoms in total. The fraction of sp³-hybridized carbons (Fsp3) is 0.500. The number of phosphoric ester groups is 1. The molecule has 1 aliphatic rings. The first-order valence-corrected chi connectivity index (χ1v) is 9.30. The van der Waals surface area contributed by atoms with Gasteiger partial charge in [-0.25, -0.2) is 0 Å². The summed E-state index contributed by atoms with van der Waals surface area (Å²) in [5.74, 6) is -0.525. The Morgan fingerprint density at radius 3 is 2.27 bits per heavy atom. The minimum absolute atomic E-state index is 0. The fourth-order valence-corrected chi connectivity index (χ4v) is 2.83. The summed E-state index contributed by atoms with van der Waals surface area (Å²) in [6.45, 7) is 0.248. The number of benzene rings is 1. The number of hydrogen-bond donors (Lipinski definition) is 3. The Morgan fingerprint density at radius 2 is 1.80 bits per heavy atom. The predicted octanol–water partition coefficient (Wildman–Crippen LogP) is -8.22. The molecule has 1 aromatic rings. The van der Waals surface area contributed by atoms with E-state index in [1.165, 1.54) is 12.1 Å². The van der Waals surface area contributed by atoms with Crippen LogP contribution in [0.5, 0.6) is 5.75 Å². The van der Waals surface area contributed by atoms with E-state index in [2.05, 4.69) is 9.84 Å². The zero-order valence-corrected chi connectivity index (χ0v) is 21.3. The van der Waals surface area contributed by atoms with Gasteiger partial charge in [-0.2, -0.15) is 0 Å². The van der Waals surface area contributed by atoms with Crippen molar-refractivity contribution >= 4 is 19.4 Å². The third kappa shape index (κ3) is 8.79. The fourth-order valence-electron chi connectivity index (χ4n) is 2.50. The van der Waals surface area contributed by atoms with E-state index in [0.717, 1.165) is 19.1 Å². The molecule has 1 saturated heterocycles. The van der Waals surface area contributed by atoms with E-state index in [1.807, 2.05) is 0 Å². The number of nitro groups is 1. The number of non-ortho nitro benzene ring substituents is 1. The minimum atomic E-state index is -5.36. The van der Waals surface area contributed by atoms with Crippen molar-refractivity contribution in [2.75, 3.05) is 6.61 Å². The Kier molecular flexibility index (Phi) is 12.7. The molecule has 1 amide bonds. The average molecular weight is 466 g/mol. The van der Waals surface area contributed by atoms with Gasteiger partial charge >= 0.3 is 59.1 Å². The number of nitro benzene ring substituents is 1. The summed E-state index contributed by atoms with van der Waals surface area (Å²) in [4.78, 5) is 42.7. The Hall–Kier alpha value is -0.120. The van der Waals surface area contributed by atoms with Crippen LogP contribution in [0.4, 0.5) is 5.69 Å². The number of amides is 1. The quantitative estimate of drug-likeness (QED) is 0.149. The number of rotatable bonds is 7. The van der Waals surface area contributed by atoms with Crippen LogP contribution in [0.15, 0.2) is 24.3 Å². The topological polar surface area (TPSA) is 204 Å². The normalized spacial score (nSPS) is 26.0. The first kappa shape index (κ1) is 29.9. The zero-order valence-electron chi connectivity index (χ0n) is 16.4. The van der Waals surface area contributed by atoms with Crippen LogP contribution in [-0.4, -0.2) is 58.3 Å². The van der Waals surface area contributed by atoms with Crippen LogP contribution in [-0.2, 0) is 18.6 Å². The van der Waals surface area contributed by atoms with Crippen molar-refractivity contribution in [3.05, 3.63) is 34.4 Å². The summed E-state index contributed by atoms with van der Waals surface area (Å²) in [6, 6.07) is 3.48. The third-order valence-corrected chi connectivity index (χ3v) is 4.23. The smallest absolute Gasteiger partial charge is 0.790 e. The average Bonchev–Trinajstić information content (AvgIpc) is 2.59. The number of ether oxygens (including phenoxy) is 2.